The molecule has 22 heavy (non-hydrogen) atoms. The van der Waals surface area contributed by atoms with E-state index in [-0.39, 0.29) is 0 Å². The second kappa shape index (κ2) is 6.35. The summed E-state index contributed by atoms with van der Waals surface area (Å²) >= 11 is 0. The number of aryl methyl sites for hydroxylation is 1. The van der Waals surface area contributed by atoms with Crippen molar-refractivity contribution in [1.82, 2.24) is 4.90 Å². The summed E-state index contributed by atoms with van der Waals surface area (Å²) in [5.74, 6) is 1.97. The van der Waals surface area contributed by atoms with Gasteiger partial charge < -0.3 is 0 Å². The van der Waals surface area contributed by atoms with Gasteiger partial charge in [-0.05, 0) is 86.7 Å². The number of hydrogen-bond donors (Lipinski definition) is 0. The molecule has 1 nitrogen and oxygen atoms in total. The van der Waals surface area contributed by atoms with Crippen LogP contribution in [0, 0.1) is 19.8 Å². The molecule has 2 rings (SSSR count). The van der Waals surface area contributed by atoms with Gasteiger partial charge >= 0.3 is 0 Å². The maximum Gasteiger partial charge on any atom is 0.0325 e. The van der Waals surface area contributed by atoms with E-state index in [1.54, 1.807) is 16.7 Å². The Morgan fingerprint density at radius 1 is 1.05 bits per heavy atom. The Morgan fingerprint density at radius 3 is 2.14 bits per heavy atom. The number of benzene rings is 1. The van der Waals surface area contributed by atoms with Crippen LogP contribution in [0.3, 0.4) is 0 Å². The summed E-state index contributed by atoms with van der Waals surface area (Å²) in [6.07, 6.45) is 1.27. The molecule has 124 valence electrons. The van der Waals surface area contributed by atoms with Crippen LogP contribution in [-0.2, 0) is 0 Å². The van der Waals surface area contributed by atoms with Crippen LogP contribution < -0.4 is 0 Å². The molecule has 0 fully saturated rings. The van der Waals surface area contributed by atoms with Crippen LogP contribution >= 0.6 is 0 Å². The van der Waals surface area contributed by atoms with Crippen LogP contribution in [0.15, 0.2) is 6.07 Å². The highest BCUT2D eigenvalue weighted by molar-refractivity contribution is 5.50. The average Bonchev–Trinajstić information content (AvgIpc) is 2.53. The van der Waals surface area contributed by atoms with Crippen LogP contribution in [-0.4, -0.2) is 18.0 Å². The van der Waals surface area contributed by atoms with E-state index in [9.17, 15) is 0 Å². The molecule has 0 bridgehead atoms. The maximum absolute atomic E-state index is 2.58. The zero-order valence-electron chi connectivity index (χ0n) is 16.1. The minimum atomic E-state index is 0.506. The van der Waals surface area contributed by atoms with Gasteiger partial charge in [0.25, 0.3) is 0 Å². The zero-order chi connectivity index (χ0) is 16.8. The lowest BCUT2D eigenvalue weighted by Gasteiger charge is -2.31. The first-order valence-corrected chi connectivity index (χ1v) is 9.02. The van der Waals surface area contributed by atoms with E-state index in [0.717, 1.165) is 0 Å². The van der Waals surface area contributed by atoms with Gasteiger partial charge in [-0.2, -0.15) is 0 Å². The number of nitrogens with zero attached hydrogens (tertiary/aromatic N) is 1. The lowest BCUT2D eigenvalue weighted by molar-refractivity contribution is 0.186. The van der Waals surface area contributed by atoms with E-state index >= 15 is 0 Å². The van der Waals surface area contributed by atoms with E-state index in [1.165, 1.54) is 17.5 Å². The summed E-state index contributed by atoms with van der Waals surface area (Å²) in [4.78, 5) is 2.58. The summed E-state index contributed by atoms with van der Waals surface area (Å²) in [6, 6.07) is 3.61. The second-order valence-corrected chi connectivity index (χ2v) is 8.17. The van der Waals surface area contributed by atoms with Gasteiger partial charge in [0.05, 0.1) is 0 Å². The summed E-state index contributed by atoms with van der Waals surface area (Å²) in [5, 5.41) is 0. The molecule has 1 aliphatic rings. The fraction of sp³-hybridized carbons (Fsp3) is 0.714. The fourth-order valence-corrected chi connectivity index (χ4v) is 4.26. The molecule has 0 aliphatic carbocycles. The molecule has 1 aliphatic heterocycles. The first kappa shape index (κ1) is 17.5. The minimum absolute atomic E-state index is 0.506. The monoisotopic (exact) mass is 301 g/mol. The molecule has 1 heterocycles. The summed E-state index contributed by atoms with van der Waals surface area (Å²) in [7, 11) is 2.30. The van der Waals surface area contributed by atoms with Gasteiger partial charge in [-0.15, -0.1) is 0 Å². The molecule has 0 amide bonds. The normalized spacial score (nSPS) is 26.4. The van der Waals surface area contributed by atoms with Gasteiger partial charge in [-0.3, -0.25) is 4.90 Å². The van der Waals surface area contributed by atoms with Crippen molar-refractivity contribution in [2.45, 2.75) is 85.7 Å². The predicted molar refractivity (Wildman–Crippen MR) is 97.8 cm³/mol. The third-order valence-corrected chi connectivity index (χ3v) is 6.09. The number of rotatable bonds is 2. The average molecular weight is 302 g/mol. The lowest BCUT2D eigenvalue weighted by atomic mass is 9.75. The quantitative estimate of drug-likeness (QED) is 0.652. The molecule has 0 saturated carbocycles. The first-order valence-electron chi connectivity index (χ1n) is 9.02. The smallest absolute Gasteiger partial charge is 0.0325 e. The Bertz CT molecular complexity index is 541. The summed E-state index contributed by atoms with van der Waals surface area (Å²) in [6.45, 7) is 18.9. The van der Waals surface area contributed by atoms with Crippen molar-refractivity contribution in [2.75, 3.05) is 7.05 Å². The molecule has 0 N–H and O–H groups in total. The van der Waals surface area contributed by atoms with Crippen molar-refractivity contribution in [2.24, 2.45) is 5.92 Å². The highest BCUT2D eigenvalue weighted by Gasteiger charge is 2.34. The van der Waals surface area contributed by atoms with Crippen molar-refractivity contribution in [3.8, 4) is 0 Å². The molecular weight excluding hydrogens is 266 g/mol. The highest BCUT2D eigenvalue weighted by atomic mass is 15.2. The van der Waals surface area contributed by atoms with Crippen molar-refractivity contribution in [3.63, 3.8) is 0 Å². The van der Waals surface area contributed by atoms with Crippen LogP contribution in [0.5, 0.6) is 0 Å². The van der Waals surface area contributed by atoms with Gasteiger partial charge in [0.2, 0.25) is 0 Å². The molecule has 1 aromatic rings. The topological polar surface area (TPSA) is 3.24 Å². The van der Waals surface area contributed by atoms with Crippen LogP contribution in [0.1, 0.15) is 93.7 Å². The van der Waals surface area contributed by atoms with E-state index in [2.05, 4.69) is 73.4 Å². The van der Waals surface area contributed by atoms with Crippen LogP contribution in [0.2, 0.25) is 0 Å². The highest BCUT2D eigenvalue weighted by Crippen LogP contribution is 2.45. The van der Waals surface area contributed by atoms with Crippen molar-refractivity contribution in [1.29, 1.82) is 0 Å². The SMILES string of the molecule is Cc1cc(C(C)C)c2c(c1C)[C@H](C)N(C)[C@H](C)CC2C(C)C. The fourth-order valence-electron chi connectivity index (χ4n) is 4.26. The largest absolute Gasteiger partial charge is 0.297 e. The maximum atomic E-state index is 2.58. The third-order valence-electron chi connectivity index (χ3n) is 6.09. The van der Waals surface area contributed by atoms with Crippen LogP contribution in [0.25, 0.3) is 0 Å². The first-order chi connectivity index (χ1) is 10.2. The zero-order valence-corrected chi connectivity index (χ0v) is 16.1. The van der Waals surface area contributed by atoms with Crippen molar-refractivity contribution in [3.05, 3.63) is 33.9 Å². The molecule has 3 atom stereocenters. The Hall–Kier alpha value is -0.820. The number of fused-ring (bicyclic) bond motifs is 1. The van der Waals surface area contributed by atoms with Gasteiger partial charge in [-0.25, -0.2) is 0 Å². The third kappa shape index (κ3) is 2.85. The Balaban J connectivity index is 2.81. The van der Waals surface area contributed by atoms with Gasteiger partial charge in [-0.1, -0.05) is 33.8 Å². The molecule has 0 radical (unpaired) electrons. The van der Waals surface area contributed by atoms with E-state index in [1.807, 2.05) is 0 Å². The molecule has 1 heteroatoms. The molecule has 1 aromatic carbocycles. The Kier molecular flexibility index (Phi) is 5.06. The van der Waals surface area contributed by atoms with E-state index < -0.39 is 0 Å². The number of hydrogen-bond acceptors (Lipinski definition) is 1. The molecule has 1 unspecified atom stereocenters. The molecule has 0 aromatic heterocycles. The van der Waals surface area contributed by atoms with E-state index in [0.29, 0.717) is 29.8 Å². The summed E-state index contributed by atoms with van der Waals surface area (Å²) in [5.41, 5.74) is 7.86. The Morgan fingerprint density at radius 2 is 1.64 bits per heavy atom. The minimum Gasteiger partial charge on any atom is -0.297 e. The van der Waals surface area contributed by atoms with E-state index in [4.69, 9.17) is 0 Å². The van der Waals surface area contributed by atoms with Gasteiger partial charge in [0.15, 0.2) is 0 Å². The Labute approximate surface area is 138 Å². The second-order valence-electron chi connectivity index (χ2n) is 8.17. The van der Waals surface area contributed by atoms with Crippen molar-refractivity contribution < 1.29 is 0 Å². The standard InChI is InChI=1S/C21H35N/c1-12(2)18-10-14(5)16(7)20-17(8)22(9)15(6)11-19(13(3)4)21(18)20/h10,12-13,15,17,19H,11H2,1-9H3/t15-,17+,19?/m1/s1. The summed E-state index contributed by atoms with van der Waals surface area (Å²) < 4.78 is 0. The van der Waals surface area contributed by atoms with Gasteiger partial charge in [0, 0.05) is 12.1 Å². The molecule has 0 saturated heterocycles. The van der Waals surface area contributed by atoms with Crippen LogP contribution in [0.4, 0.5) is 0 Å². The molecular formula is C21H35N. The van der Waals surface area contributed by atoms with Gasteiger partial charge in [0.1, 0.15) is 0 Å². The van der Waals surface area contributed by atoms with Crippen molar-refractivity contribution >= 4 is 0 Å². The lowest BCUT2D eigenvalue weighted by Crippen LogP contribution is -2.31. The molecule has 0 spiro atoms. The predicted octanol–water partition coefficient (Wildman–Crippen LogP) is 5.95.